The van der Waals surface area contributed by atoms with Crippen molar-refractivity contribution < 1.29 is 17.6 Å². The van der Waals surface area contributed by atoms with Gasteiger partial charge in [0.2, 0.25) is 15.9 Å². The number of hydrogen-bond donors (Lipinski definition) is 1. The first-order valence-electron chi connectivity index (χ1n) is 7.34. The summed E-state index contributed by atoms with van der Waals surface area (Å²) in [5, 5.41) is 2.52. The summed E-state index contributed by atoms with van der Waals surface area (Å²) >= 11 is 0. The second-order valence-corrected chi connectivity index (χ2v) is 7.49. The molecule has 0 bridgehead atoms. The van der Waals surface area contributed by atoms with Gasteiger partial charge >= 0.3 is 0 Å². The Bertz CT molecular complexity index is 820. The highest BCUT2D eigenvalue weighted by Crippen LogP contribution is 2.14. The van der Waals surface area contributed by atoms with Gasteiger partial charge in [0, 0.05) is 19.2 Å². The summed E-state index contributed by atoms with van der Waals surface area (Å²) in [4.78, 5) is 12.1. The zero-order valence-electron chi connectivity index (χ0n) is 13.5. The molecule has 5 nitrogen and oxygen atoms in total. The van der Waals surface area contributed by atoms with Crippen LogP contribution in [-0.4, -0.2) is 32.2 Å². The number of aryl methyl sites for hydroxylation is 1. The van der Waals surface area contributed by atoms with Crippen molar-refractivity contribution in [2.45, 2.75) is 18.4 Å². The second kappa shape index (κ2) is 7.55. The summed E-state index contributed by atoms with van der Waals surface area (Å²) in [6.45, 7) is 1.52. The maximum absolute atomic E-state index is 13.5. The molecule has 7 heteroatoms. The van der Waals surface area contributed by atoms with Crippen molar-refractivity contribution in [1.82, 2.24) is 9.62 Å². The number of carbonyl (C=O) groups excluding carboxylic acids is 1. The summed E-state index contributed by atoms with van der Waals surface area (Å²) in [5.41, 5.74) is 1.29. The summed E-state index contributed by atoms with van der Waals surface area (Å²) in [6.07, 6.45) is 0. The summed E-state index contributed by atoms with van der Waals surface area (Å²) in [7, 11) is -2.41. The highest BCUT2D eigenvalue weighted by Gasteiger charge is 2.22. The van der Waals surface area contributed by atoms with E-state index in [-0.39, 0.29) is 18.0 Å². The molecule has 0 heterocycles. The van der Waals surface area contributed by atoms with E-state index in [0.29, 0.717) is 5.56 Å². The molecule has 1 amide bonds. The van der Waals surface area contributed by atoms with E-state index in [1.807, 2.05) is 6.92 Å². The minimum absolute atomic E-state index is 0.00389. The third-order valence-corrected chi connectivity index (χ3v) is 5.35. The maximum Gasteiger partial charge on any atom is 0.243 e. The lowest BCUT2D eigenvalue weighted by molar-refractivity contribution is -0.121. The molecular weight excluding hydrogens is 331 g/mol. The van der Waals surface area contributed by atoms with Gasteiger partial charge in [-0.3, -0.25) is 4.79 Å². The van der Waals surface area contributed by atoms with Crippen molar-refractivity contribution in [3.05, 3.63) is 65.5 Å². The zero-order chi connectivity index (χ0) is 17.7. The number of hydrogen-bond acceptors (Lipinski definition) is 3. The van der Waals surface area contributed by atoms with E-state index in [2.05, 4.69) is 5.32 Å². The van der Waals surface area contributed by atoms with Crippen molar-refractivity contribution in [2.24, 2.45) is 0 Å². The Morgan fingerprint density at radius 1 is 1.12 bits per heavy atom. The van der Waals surface area contributed by atoms with Crippen LogP contribution < -0.4 is 5.32 Å². The van der Waals surface area contributed by atoms with Crippen molar-refractivity contribution in [1.29, 1.82) is 0 Å². The van der Waals surface area contributed by atoms with Crippen LogP contribution in [0.4, 0.5) is 4.39 Å². The molecule has 0 aliphatic heterocycles. The molecule has 0 aromatic heterocycles. The Hall–Kier alpha value is -2.25. The number of nitrogens with zero attached hydrogens (tertiary/aromatic N) is 1. The van der Waals surface area contributed by atoms with Gasteiger partial charge in [0.25, 0.3) is 0 Å². The molecule has 0 radical (unpaired) electrons. The van der Waals surface area contributed by atoms with Crippen LogP contribution in [0.25, 0.3) is 0 Å². The average Bonchev–Trinajstić information content (AvgIpc) is 2.54. The number of carbonyl (C=O) groups is 1. The van der Waals surface area contributed by atoms with E-state index in [1.165, 1.54) is 25.2 Å². The molecule has 2 rings (SSSR count). The maximum atomic E-state index is 13.5. The molecule has 0 atom stereocenters. The fraction of sp³-hybridized carbons (Fsp3) is 0.235. The van der Waals surface area contributed by atoms with Gasteiger partial charge in [-0.2, -0.15) is 4.31 Å². The van der Waals surface area contributed by atoms with Gasteiger partial charge in [-0.15, -0.1) is 0 Å². The van der Waals surface area contributed by atoms with Gasteiger partial charge in [-0.05, 0) is 25.1 Å². The van der Waals surface area contributed by atoms with Crippen LogP contribution in [0.3, 0.4) is 0 Å². The molecule has 1 N–H and O–H groups in total. The number of halogens is 1. The van der Waals surface area contributed by atoms with E-state index >= 15 is 0 Å². The number of nitrogens with one attached hydrogen (secondary N) is 1. The number of benzene rings is 2. The number of likely N-dealkylation sites (N-methyl/N-ethyl adjacent to an activating group) is 1. The van der Waals surface area contributed by atoms with E-state index < -0.39 is 21.7 Å². The monoisotopic (exact) mass is 350 g/mol. The van der Waals surface area contributed by atoms with E-state index in [1.54, 1.807) is 30.3 Å². The number of amides is 1. The third kappa shape index (κ3) is 4.39. The molecule has 0 unspecified atom stereocenters. The number of rotatable bonds is 6. The largest absolute Gasteiger partial charge is 0.351 e. The fourth-order valence-electron chi connectivity index (χ4n) is 2.07. The normalized spacial score (nSPS) is 11.5. The quantitative estimate of drug-likeness (QED) is 0.867. The van der Waals surface area contributed by atoms with Gasteiger partial charge in [0.1, 0.15) is 5.82 Å². The van der Waals surface area contributed by atoms with Crippen LogP contribution in [0.5, 0.6) is 0 Å². The summed E-state index contributed by atoms with van der Waals surface area (Å²) in [5.74, 6) is -0.921. The minimum Gasteiger partial charge on any atom is -0.351 e. The van der Waals surface area contributed by atoms with Crippen LogP contribution in [0.15, 0.2) is 53.4 Å². The predicted octanol–water partition coefficient (Wildman–Crippen LogP) is 2.07. The van der Waals surface area contributed by atoms with Gasteiger partial charge in [0.15, 0.2) is 0 Å². The van der Waals surface area contributed by atoms with Crippen LogP contribution in [0.1, 0.15) is 11.1 Å². The Morgan fingerprint density at radius 3 is 2.38 bits per heavy atom. The number of sulfonamides is 1. The van der Waals surface area contributed by atoms with Crippen molar-refractivity contribution in [2.75, 3.05) is 13.6 Å². The molecule has 0 aliphatic rings. The van der Waals surface area contributed by atoms with Gasteiger partial charge in [-0.25, -0.2) is 12.8 Å². The molecule has 0 saturated heterocycles. The molecule has 0 aliphatic carbocycles. The molecule has 2 aromatic carbocycles. The molecule has 2 aromatic rings. The first-order chi connectivity index (χ1) is 11.3. The summed E-state index contributed by atoms with van der Waals surface area (Å²) < 4.78 is 39.2. The lowest BCUT2D eigenvalue weighted by Gasteiger charge is -2.17. The minimum atomic E-state index is -3.74. The Kier molecular flexibility index (Phi) is 5.69. The van der Waals surface area contributed by atoms with Crippen LogP contribution in [0, 0.1) is 12.7 Å². The second-order valence-electron chi connectivity index (χ2n) is 5.44. The first kappa shape index (κ1) is 18.1. The smallest absolute Gasteiger partial charge is 0.243 e. The zero-order valence-corrected chi connectivity index (χ0v) is 14.3. The van der Waals surface area contributed by atoms with Crippen LogP contribution in [0.2, 0.25) is 0 Å². The SMILES string of the molecule is Cc1ccc(S(=O)(=O)N(C)CC(=O)NCc2ccccc2F)cc1. The van der Waals surface area contributed by atoms with Crippen molar-refractivity contribution in [3.63, 3.8) is 0 Å². The predicted molar refractivity (Wildman–Crippen MR) is 89.2 cm³/mol. The highest BCUT2D eigenvalue weighted by molar-refractivity contribution is 7.89. The molecule has 128 valence electrons. The lowest BCUT2D eigenvalue weighted by atomic mass is 10.2. The summed E-state index contributed by atoms with van der Waals surface area (Å²) in [6, 6.07) is 12.5. The fourth-order valence-corrected chi connectivity index (χ4v) is 3.20. The highest BCUT2D eigenvalue weighted by atomic mass is 32.2. The molecule has 24 heavy (non-hydrogen) atoms. The lowest BCUT2D eigenvalue weighted by Crippen LogP contribution is -2.38. The Balaban J connectivity index is 1.98. The van der Waals surface area contributed by atoms with Crippen molar-refractivity contribution in [3.8, 4) is 0 Å². The van der Waals surface area contributed by atoms with E-state index in [9.17, 15) is 17.6 Å². The third-order valence-electron chi connectivity index (χ3n) is 3.53. The van der Waals surface area contributed by atoms with E-state index in [0.717, 1.165) is 9.87 Å². The van der Waals surface area contributed by atoms with Crippen LogP contribution >= 0.6 is 0 Å². The van der Waals surface area contributed by atoms with Crippen molar-refractivity contribution >= 4 is 15.9 Å². The molecule has 0 saturated carbocycles. The topological polar surface area (TPSA) is 66.5 Å². The van der Waals surface area contributed by atoms with Crippen LogP contribution in [-0.2, 0) is 21.4 Å². The van der Waals surface area contributed by atoms with E-state index in [4.69, 9.17) is 0 Å². The van der Waals surface area contributed by atoms with Gasteiger partial charge in [0.05, 0.1) is 11.4 Å². The van der Waals surface area contributed by atoms with Gasteiger partial charge in [-0.1, -0.05) is 35.9 Å². The average molecular weight is 350 g/mol. The Labute approximate surface area is 141 Å². The molecular formula is C17H19FN2O3S. The van der Waals surface area contributed by atoms with Gasteiger partial charge < -0.3 is 5.32 Å². The molecule has 0 spiro atoms. The first-order valence-corrected chi connectivity index (χ1v) is 8.78. The molecule has 0 fully saturated rings. The standard InChI is InChI=1S/C17H19FN2O3S/c1-13-7-9-15(10-8-13)24(22,23)20(2)12-17(21)19-11-14-5-3-4-6-16(14)18/h3-10H,11-12H2,1-2H3,(H,19,21). The Morgan fingerprint density at radius 2 is 1.75 bits per heavy atom.